The van der Waals surface area contributed by atoms with Gasteiger partial charge >= 0.3 is 0 Å². The number of pyridine rings is 2. The lowest BCUT2D eigenvalue weighted by atomic mass is 9.96. The molecule has 0 atom stereocenters. The molecule has 16 aromatic carbocycles. The van der Waals surface area contributed by atoms with Crippen LogP contribution in [0.5, 0.6) is 0 Å². The van der Waals surface area contributed by atoms with Gasteiger partial charge in [-0.05, 0) is 166 Å². The van der Waals surface area contributed by atoms with E-state index in [9.17, 15) is 0 Å². The first kappa shape index (κ1) is 70.2. The van der Waals surface area contributed by atoms with E-state index in [1.807, 2.05) is 60.9 Å². The standard InChI is InChI=1S/C62H40N6.C46H30N6/c1-3-15-41(16-4-1)45-19-11-21-47(39-45)61-65-53-25-7-9-27-57(53)67(61)55-35-33-49(59-51(55)23-13-37-63-59)43-29-31-44(32-30-43)50-34-36-56(52-24-14-38-64-60(50)52)68-58-28-10-8-26-54(58)66-62(68)48-22-12-20-46(40-48)42-17-5-2-6-18-42;1-3-11-33(12-4-1)45-49-39-15-7-9-17-41(39)51(45)35-23-19-31(20-24-35)37-27-28-38(44-43(37)47-29-30-48-44)32-21-25-36(26-22-32)52-42-18-10-8-16-40(42)50-46(52)34-13-5-2-6-14-34/h1-40H;1-30H. The van der Waals surface area contributed by atoms with Crippen LogP contribution in [0.25, 0.3) is 212 Å². The minimum Gasteiger partial charge on any atom is -0.292 e. The molecule has 0 aliphatic rings. The second kappa shape index (κ2) is 30.1. The van der Waals surface area contributed by atoms with Gasteiger partial charge < -0.3 is 0 Å². The van der Waals surface area contributed by atoms with Crippen LogP contribution in [0.2, 0.25) is 0 Å². The summed E-state index contributed by atoms with van der Waals surface area (Å²) in [6.45, 7) is 0. The first-order valence-corrected chi connectivity index (χ1v) is 40.2. The van der Waals surface area contributed by atoms with Crippen LogP contribution in [0.4, 0.5) is 0 Å². The fraction of sp³-hybridized carbons (Fsp3) is 0. The predicted molar refractivity (Wildman–Crippen MR) is 489 cm³/mol. The Kier molecular flexibility index (Phi) is 17.6. The molecule has 23 aromatic rings. The number of rotatable bonds is 14. The van der Waals surface area contributed by atoms with Crippen molar-refractivity contribution in [1.82, 2.24) is 58.1 Å². The zero-order chi connectivity index (χ0) is 79.4. The molecule has 0 spiro atoms. The number of hydrogen-bond donors (Lipinski definition) is 0. The fourth-order valence-corrected chi connectivity index (χ4v) is 17.1. The van der Waals surface area contributed by atoms with E-state index < -0.39 is 0 Å². The normalized spacial score (nSPS) is 11.5. The van der Waals surface area contributed by atoms with E-state index in [-0.39, 0.29) is 0 Å². The number of aromatic nitrogens is 12. The molecule has 23 rings (SSSR count). The lowest BCUT2D eigenvalue weighted by Gasteiger charge is -2.16. The molecule has 0 aliphatic heterocycles. The van der Waals surface area contributed by atoms with E-state index in [0.29, 0.717) is 0 Å². The van der Waals surface area contributed by atoms with Crippen molar-refractivity contribution in [2.45, 2.75) is 0 Å². The molecule has 12 heteroatoms. The molecule has 0 saturated heterocycles. The number of para-hydroxylation sites is 8. The highest BCUT2D eigenvalue weighted by atomic mass is 15.1. The van der Waals surface area contributed by atoms with Crippen molar-refractivity contribution in [3.8, 4) is 135 Å². The Bertz CT molecular complexity index is 7350. The Labute approximate surface area is 690 Å². The van der Waals surface area contributed by atoms with Crippen molar-refractivity contribution in [3.05, 3.63) is 425 Å². The highest BCUT2D eigenvalue weighted by molar-refractivity contribution is 6.05. The molecule has 0 fully saturated rings. The highest BCUT2D eigenvalue weighted by Crippen LogP contribution is 2.43. The number of fused-ring (bicyclic) bond motifs is 7. The van der Waals surface area contributed by atoms with Gasteiger partial charge in [0.15, 0.2) is 0 Å². The van der Waals surface area contributed by atoms with Gasteiger partial charge in [0.1, 0.15) is 23.3 Å². The first-order valence-electron chi connectivity index (χ1n) is 40.2. The minimum atomic E-state index is 0.863. The molecule has 7 aromatic heterocycles. The summed E-state index contributed by atoms with van der Waals surface area (Å²) in [7, 11) is 0. The first-order chi connectivity index (χ1) is 59.5. The van der Waals surface area contributed by atoms with Gasteiger partial charge in [-0.15, -0.1) is 0 Å². The van der Waals surface area contributed by atoms with Gasteiger partial charge in [-0.25, -0.2) is 19.9 Å². The Balaban J connectivity index is 0.000000149. The number of benzene rings is 16. The molecular weight excluding hydrogens is 1470 g/mol. The molecule has 562 valence electrons. The molecule has 120 heavy (non-hydrogen) atoms. The fourth-order valence-electron chi connectivity index (χ4n) is 17.1. The average Bonchev–Trinajstić information content (AvgIpc) is 1.83. The summed E-state index contributed by atoms with van der Waals surface area (Å²) in [5.41, 5.74) is 33.1. The Morgan fingerprint density at radius 3 is 0.808 bits per heavy atom. The monoisotopic (exact) mass is 1530 g/mol. The molecule has 12 nitrogen and oxygen atoms in total. The quantitative estimate of drug-likeness (QED) is 0.105. The van der Waals surface area contributed by atoms with E-state index >= 15 is 0 Å². The van der Waals surface area contributed by atoms with E-state index in [1.165, 1.54) is 11.1 Å². The lowest BCUT2D eigenvalue weighted by molar-refractivity contribution is 1.10. The number of imidazole rings is 4. The SMILES string of the molecule is c1ccc(-c2cccc(-c3nc4ccccc4n3-c3ccc(-c4ccc(-c5ccc(-n6c(-c7cccc(-c8ccccc8)c7)nc7ccccc76)c6cccnc56)cc4)c4ncccc34)c2)cc1.c1ccc(-c2nc3ccccc3n2-c2ccc(-c3ccc(-c4ccc(-n5c(-c6ccccc6)nc6ccccc65)cc4)c4nccnc34)cc2)cc1. The zero-order valence-electron chi connectivity index (χ0n) is 64.8. The lowest BCUT2D eigenvalue weighted by Crippen LogP contribution is -2.00. The summed E-state index contributed by atoms with van der Waals surface area (Å²) in [6.07, 6.45) is 7.31. The average molecular weight is 1540 g/mol. The molecule has 0 amide bonds. The third-order valence-electron chi connectivity index (χ3n) is 22.7. The van der Waals surface area contributed by atoms with Crippen LogP contribution >= 0.6 is 0 Å². The second-order valence-electron chi connectivity index (χ2n) is 29.8. The summed E-state index contributed by atoms with van der Waals surface area (Å²) in [5.74, 6) is 3.60. The molecule has 0 unspecified atom stereocenters. The van der Waals surface area contributed by atoms with Crippen LogP contribution < -0.4 is 0 Å². The Hall–Kier alpha value is -16.4. The molecule has 0 radical (unpaired) electrons. The van der Waals surface area contributed by atoms with Crippen molar-refractivity contribution in [1.29, 1.82) is 0 Å². The molecule has 0 N–H and O–H groups in total. The largest absolute Gasteiger partial charge is 0.292 e. The summed E-state index contributed by atoms with van der Waals surface area (Å²) in [4.78, 5) is 40.3. The maximum atomic E-state index is 5.24. The van der Waals surface area contributed by atoms with Gasteiger partial charge in [0.05, 0.1) is 77.6 Å². The minimum absolute atomic E-state index is 0.863. The maximum absolute atomic E-state index is 5.24. The van der Waals surface area contributed by atoms with Crippen molar-refractivity contribution >= 4 is 77.0 Å². The summed E-state index contributed by atoms with van der Waals surface area (Å²) in [6, 6.07) is 140. The molecular formula is C108H70N12. The van der Waals surface area contributed by atoms with Gasteiger partial charge in [-0.1, -0.05) is 279 Å². The highest BCUT2D eigenvalue weighted by Gasteiger charge is 2.24. The summed E-state index contributed by atoms with van der Waals surface area (Å²) < 4.78 is 9.04. The van der Waals surface area contributed by atoms with Gasteiger partial charge in [0.2, 0.25) is 0 Å². The van der Waals surface area contributed by atoms with Crippen molar-refractivity contribution in [2.75, 3.05) is 0 Å². The van der Waals surface area contributed by atoms with Crippen molar-refractivity contribution < 1.29 is 0 Å². The molecule has 0 saturated carbocycles. The zero-order valence-corrected chi connectivity index (χ0v) is 64.8. The third kappa shape index (κ3) is 12.6. The van der Waals surface area contributed by atoms with Crippen LogP contribution in [0.1, 0.15) is 0 Å². The topological polar surface area (TPSA) is 123 Å². The van der Waals surface area contributed by atoms with Crippen molar-refractivity contribution in [3.63, 3.8) is 0 Å². The molecule has 0 bridgehead atoms. The Morgan fingerprint density at radius 2 is 0.442 bits per heavy atom. The van der Waals surface area contributed by atoms with Gasteiger partial charge in [0.25, 0.3) is 0 Å². The molecule has 7 heterocycles. The van der Waals surface area contributed by atoms with E-state index in [1.54, 1.807) is 12.4 Å². The number of hydrogen-bond acceptors (Lipinski definition) is 8. The van der Waals surface area contributed by atoms with E-state index in [0.717, 1.165) is 201 Å². The maximum Gasteiger partial charge on any atom is 0.145 e. The van der Waals surface area contributed by atoms with Crippen LogP contribution in [-0.2, 0) is 0 Å². The van der Waals surface area contributed by atoms with E-state index in [2.05, 4.69) is 370 Å². The van der Waals surface area contributed by atoms with Crippen LogP contribution in [0.3, 0.4) is 0 Å². The second-order valence-corrected chi connectivity index (χ2v) is 29.8. The van der Waals surface area contributed by atoms with E-state index in [4.69, 9.17) is 39.9 Å². The predicted octanol–water partition coefficient (Wildman–Crippen LogP) is 26.4. The Morgan fingerprint density at radius 1 is 0.167 bits per heavy atom. The summed E-state index contributed by atoms with van der Waals surface area (Å²) >= 11 is 0. The summed E-state index contributed by atoms with van der Waals surface area (Å²) in [5, 5.41) is 2.09. The van der Waals surface area contributed by atoms with Gasteiger partial charge in [-0.2, -0.15) is 0 Å². The third-order valence-corrected chi connectivity index (χ3v) is 22.7. The van der Waals surface area contributed by atoms with Crippen LogP contribution in [0, 0.1) is 0 Å². The smallest absolute Gasteiger partial charge is 0.145 e. The van der Waals surface area contributed by atoms with Crippen molar-refractivity contribution in [2.24, 2.45) is 0 Å². The van der Waals surface area contributed by atoms with Gasteiger partial charge in [0, 0.05) is 91.4 Å². The molecule has 0 aliphatic carbocycles. The number of nitrogens with zero attached hydrogens (tertiary/aromatic N) is 12. The van der Waals surface area contributed by atoms with Crippen LogP contribution in [-0.4, -0.2) is 58.1 Å². The van der Waals surface area contributed by atoms with Crippen LogP contribution in [0.15, 0.2) is 425 Å². The van der Waals surface area contributed by atoms with Gasteiger partial charge in [-0.3, -0.25) is 38.2 Å².